The number of hydrogen-bond donors (Lipinski definition) is 1. The molecule has 1 aliphatic heterocycles. The molecule has 0 bridgehead atoms. The highest BCUT2D eigenvalue weighted by atomic mass is 32.1. The van der Waals surface area contributed by atoms with Gasteiger partial charge in [0.05, 0.1) is 12.7 Å². The van der Waals surface area contributed by atoms with Crippen LogP contribution in [0.3, 0.4) is 0 Å². The molecule has 0 radical (unpaired) electrons. The van der Waals surface area contributed by atoms with E-state index in [2.05, 4.69) is 9.88 Å². The van der Waals surface area contributed by atoms with Gasteiger partial charge in [-0.2, -0.15) is 13.2 Å². The monoisotopic (exact) mass is 279 g/mol. The van der Waals surface area contributed by atoms with Gasteiger partial charge in [0, 0.05) is 12.6 Å². The minimum Gasteiger partial charge on any atom is -0.328 e. The maximum Gasteiger partial charge on any atom is 0.427 e. The fourth-order valence-electron chi connectivity index (χ4n) is 2.14. The second-order valence-electron chi connectivity index (χ2n) is 4.76. The van der Waals surface area contributed by atoms with Crippen molar-refractivity contribution < 1.29 is 13.2 Å². The van der Waals surface area contributed by atoms with E-state index in [1.807, 2.05) is 6.92 Å². The Bertz CT molecular complexity index is 402. The van der Waals surface area contributed by atoms with Crippen LogP contribution in [0, 0.1) is 5.92 Å². The molecule has 2 N–H and O–H groups in total. The van der Waals surface area contributed by atoms with Gasteiger partial charge in [0.1, 0.15) is 9.88 Å². The second kappa shape index (κ2) is 5.14. The molecule has 2 atom stereocenters. The minimum absolute atomic E-state index is 0.136. The molecule has 0 amide bonds. The second-order valence-corrected chi connectivity index (χ2v) is 5.87. The third kappa shape index (κ3) is 3.21. The molecule has 2 heterocycles. The molecular formula is C11H16F3N3S. The fraction of sp³-hybridized carbons (Fsp3) is 0.727. The molecular weight excluding hydrogens is 263 g/mol. The van der Waals surface area contributed by atoms with E-state index in [1.54, 1.807) is 0 Å². The number of likely N-dealkylation sites (tertiary alicyclic amines) is 1. The summed E-state index contributed by atoms with van der Waals surface area (Å²) >= 11 is 0.727. The number of hydrogen-bond acceptors (Lipinski definition) is 4. The van der Waals surface area contributed by atoms with Crippen molar-refractivity contribution in [2.45, 2.75) is 32.1 Å². The first-order chi connectivity index (χ1) is 8.36. The molecule has 7 heteroatoms. The van der Waals surface area contributed by atoms with Crippen LogP contribution in [0.4, 0.5) is 13.2 Å². The Hall–Kier alpha value is -0.660. The van der Waals surface area contributed by atoms with Crippen molar-refractivity contribution in [3.8, 4) is 0 Å². The quantitative estimate of drug-likeness (QED) is 0.923. The number of rotatable bonds is 3. The summed E-state index contributed by atoms with van der Waals surface area (Å²) in [5.41, 5.74) is 5.83. The summed E-state index contributed by atoms with van der Waals surface area (Å²) in [7, 11) is 0. The van der Waals surface area contributed by atoms with Gasteiger partial charge in [-0.15, -0.1) is 11.3 Å². The SMILES string of the molecule is CC(N)C1CCN(Cc2ncc(C(F)(F)F)s2)C1. The third-order valence-corrected chi connectivity index (χ3v) is 4.27. The maximum atomic E-state index is 12.4. The largest absolute Gasteiger partial charge is 0.427 e. The normalized spacial score (nSPS) is 23.5. The van der Waals surface area contributed by atoms with Gasteiger partial charge in [-0.05, 0) is 25.8 Å². The van der Waals surface area contributed by atoms with Gasteiger partial charge in [0.2, 0.25) is 0 Å². The maximum absolute atomic E-state index is 12.4. The Morgan fingerprint density at radius 2 is 2.33 bits per heavy atom. The van der Waals surface area contributed by atoms with E-state index in [0.717, 1.165) is 37.0 Å². The Balaban J connectivity index is 1.93. The van der Waals surface area contributed by atoms with Crippen molar-refractivity contribution >= 4 is 11.3 Å². The highest BCUT2D eigenvalue weighted by Gasteiger charge is 2.33. The van der Waals surface area contributed by atoms with E-state index >= 15 is 0 Å². The first kappa shape index (κ1) is 13.8. The highest BCUT2D eigenvalue weighted by molar-refractivity contribution is 7.11. The molecule has 1 aromatic rings. The summed E-state index contributed by atoms with van der Waals surface area (Å²) in [6.07, 6.45) is -2.36. The Morgan fingerprint density at radius 1 is 1.61 bits per heavy atom. The van der Waals surface area contributed by atoms with Crippen molar-refractivity contribution in [1.29, 1.82) is 0 Å². The lowest BCUT2D eigenvalue weighted by molar-refractivity contribution is -0.134. The number of halogens is 3. The van der Waals surface area contributed by atoms with Crippen molar-refractivity contribution in [3.63, 3.8) is 0 Å². The van der Waals surface area contributed by atoms with Crippen LogP contribution in [0.5, 0.6) is 0 Å². The number of nitrogens with zero attached hydrogens (tertiary/aromatic N) is 2. The van der Waals surface area contributed by atoms with Crippen LogP contribution in [0.1, 0.15) is 23.2 Å². The first-order valence-corrected chi connectivity index (χ1v) is 6.67. The summed E-state index contributed by atoms with van der Waals surface area (Å²) in [6.45, 7) is 4.19. The molecule has 0 aromatic carbocycles. The van der Waals surface area contributed by atoms with E-state index in [-0.39, 0.29) is 6.04 Å². The van der Waals surface area contributed by atoms with Gasteiger partial charge in [-0.1, -0.05) is 0 Å². The minimum atomic E-state index is -4.28. The number of aromatic nitrogens is 1. The summed E-state index contributed by atoms with van der Waals surface area (Å²) in [5.74, 6) is 0.437. The van der Waals surface area contributed by atoms with Gasteiger partial charge >= 0.3 is 6.18 Å². The zero-order valence-electron chi connectivity index (χ0n) is 10.1. The molecule has 18 heavy (non-hydrogen) atoms. The summed E-state index contributed by atoms with van der Waals surface area (Å²) in [5, 5.41) is 0.521. The van der Waals surface area contributed by atoms with E-state index < -0.39 is 11.1 Å². The fourth-order valence-corrected chi connectivity index (χ4v) is 2.97. The third-order valence-electron chi connectivity index (χ3n) is 3.24. The van der Waals surface area contributed by atoms with Gasteiger partial charge < -0.3 is 5.73 Å². The van der Waals surface area contributed by atoms with Crippen LogP contribution < -0.4 is 5.73 Å². The van der Waals surface area contributed by atoms with Crippen LogP contribution in [-0.2, 0) is 12.7 Å². The van der Waals surface area contributed by atoms with Gasteiger partial charge in [0.25, 0.3) is 0 Å². The van der Waals surface area contributed by atoms with Crippen molar-refractivity contribution in [1.82, 2.24) is 9.88 Å². The summed E-state index contributed by atoms with van der Waals surface area (Å²) in [6, 6.07) is 0.136. The lowest BCUT2D eigenvalue weighted by Gasteiger charge is -2.16. The van der Waals surface area contributed by atoms with Crippen molar-refractivity contribution in [2.75, 3.05) is 13.1 Å². The topological polar surface area (TPSA) is 42.1 Å². The van der Waals surface area contributed by atoms with Crippen LogP contribution >= 0.6 is 11.3 Å². The molecule has 0 aliphatic carbocycles. The average molecular weight is 279 g/mol. The first-order valence-electron chi connectivity index (χ1n) is 5.86. The standard InChI is InChI=1S/C11H16F3N3S/c1-7(15)8-2-3-17(5-8)6-10-16-4-9(18-10)11(12,13)14/h4,7-8H,2-3,5-6,15H2,1H3. The molecule has 0 saturated carbocycles. The Kier molecular flexibility index (Phi) is 3.93. The van der Waals surface area contributed by atoms with E-state index in [0.29, 0.717) is 17.5 Å². The Labute approximate surface area is 108 Å². The van der Waals surface area contributed by atoms with E-state index in [4.69, 9.17) is 5.73 Å². The molecule has 1 aliphatic rings. The van der Waals surface area contributed by atoms with Gasteiger partial charge in [-0.25, -0.2) is 4.98 Å². The Morgan fingerprint density at radius 3 is 2.83 bits per heavy atom. The van der Waals surface area contributed by atoms with Gasteiger partial charge in [-0.3, -0.25) is 4.90 Å². The molecule has 1 fully saturated rings. The smallest absolute Gasteiger partial charge is 0.328 e. The molecule has 3 nitrogen and oxygen atoms in total. The predicted molar refractivity (Wildman–Crippen MR) is 64.1 cm³/mol. The average Bonchev–Trinajstić information content (AvgIpc) is 2.85. The molecule has 1 saturated heterocycles. The molecule has 2 unspecified atom stereocenters. The lowest BCUT2D eigenvalue weighted by atomic mass is 10.0. The van der Waals surface area contributed by atoms with Crippen molar-refractivity contribution in [3.05, 3.63) is 16.1 Å². The molecule has 102 valence electrons. The van der Waals surface area contributed by atoms with Crippen molar-refractivity contribution in [2.24, 2.45) is 11.7 Å². The number of alkyl halides is 3. The molecule has 0 spiro atoms. The molecule has 2 rings (SSSR count). The number of thiazole rings is 1. The predicted octanol–water partition coefficient (Wildman–Crippen LogP) is 2.33. The van der Waals surface area contributed by atoms with E-state index in [9.17, 15) is 13.2 Å². The highest BCUT2D eigenvalue weighted by Crippen LogP contribution is 2.34. The van der Waals surface area contributed by atoms with Crippen LogP contribution in [0.15, 0.2) is 6.20 Å². The van der Waals surface area contributed by atoms with E-state index in [1.165, 1.54) is 0 Å². The van der Waals surface area contributed by atoms with Crippen LogP contribution in [0.2, 0.25) is 0 Å². The van der Waals surface area contributed by atoms with Crippen LogP contribution in [-0.4, -0.2) is 29.0 Å². The summed E-state index contributed by atoms with van der Waals surface area (Å²) in [4.78, 5) is 5.34. The zero-order chi connectivity index (χ0) is 13.3. The molecule has 1 aromatic heterocycles. The van der Waals surface area contributed by atoms with Crippen LogP contribution in [0.25, 0.3) is 0 Å². The summed E-state index contributed by atoms with van der Waals surface area (Å²) < 4.78 is 37.3. The zero-order valence-corrected chi connectivity index (χ0v) is 10.9. The number of nitrogens with two attached hydrogens (primary N) is 1. The van der Waals surface area contributed by atoms with Gasteiger partial charge in [0.15, 0.2) is 0 Å². The lowest BCUT2D eigenvalue weighted by Crippen LogP contribution is -2.29.